The van der Waals surface area contributed by atoms with Crippen molar-refractivity contribution in [2.75, 3.05) is 6.54 Å². The Labute approximate surface area is 128 Å². The molecule has 0 fully saturated rings. The van der Waals surface area contributed by atoms with Crippen LogP contribution in [0.15, 0.2) is 34.9 Å². The number of halogens is 1. The third kappa shape index (κ3) is 2.69. The molecule has 0 spiro atoms. The molecule has 0 aliphatic heterocycles. The Bertz CT molecular complexity index is 760. The molecule has 0 bridgehead atoms. The highest BCUT2D eigenvalue weighted by molar-refractivity contribution is 6.31. The number of rotatable bonds is 5. The molecule has 4 nitrogen and oxygen atoms in total. The Hall–Kier alpha value is -1.78. The number of benzene rings is 1. The molecular formula is C16H18ClN3O. The summed E-state index contributed by atoms with van der Waals surface area (Å²) in [4.78, 5) is 0. The van der Waals surface area contributed by atoms with Gasteiger partial charge in [0.2, 0.25) is 0 Å². The lowest BCUT2D eigenvalue weighted by Gasteiger charge is -2.06. The summed E-state index contributed by atoms with van der Waals surface area (Å²) in [6.45, 7) is 6.34. The van der Waals surface area contributed by atoms with E-state index in [4.69, 9.17) is 16.0 Å². The van der Waals surface area contributed by atoms with Crippen molar-refractivity contribution in [3.8, 4) is 0 Å². The molecule has 1 N–H and O–H groups in total. The SMILES string of the molecule is CCNCc1oc2ccccc2c1Cn1ncc(Cl)c1C. The maximum atomic E-state index is 6.09. The van der Waals surface area contributed by atoms with Crippen LogP contribution in [0.25, 0.3) is 11.0 Å². The van der Waals surface area contributed by atoms with Crippen molar-refractivity contribution in [2.45, 2.75) is 26.9 Å². The van der Waals surface area contributed by atoms with Crippen molar-refractivity contribution in [1.82, 2.24) is 15.1 Å². The van der Waals surface area contributed by atoms with Gasteiger partial charge in [-0.1, -0.05) is 36.7 Å². The fraction of sp³-hybridized carbons (Fsp3) is 0.312. The molecule has 21 heavy (non-hydrogen) atoms. The van der Waals surface area contributed by atoms with Crippen molar-refractivity contribution in [2.24, 2.45) is 0 Å². The van der Waals surface area contributed by atoms with E-state index >= 15 is 0 Å². The lowest BCUT2D eigenvalue weighted by molar-refractivity contribution is 0.507. The predicted molar refractivity (Wildman–Crippen MR) is 84.7 cm³/mol. The molecule has 0 saturated carbocycles. The van der Waals surface area contributed by atoms with E-state index in [1.807, 2.05) is 29.8 Å². The summed E-state index contributed by atoms with van der Waals surface area (Å²) in [6.07, 6.45) is 1.68. The molecule has 0 radical (unpaired) electrons. The van der Waals surface area contributed by atoms with E-state index < -0.39 is 0 Å². The highest BCUT2D eigenvalue weighted by Gasteiger charge is 2.15. The van der Waals surface area contributed by atoms with Crippen LogP contribution in [0.5, 0.6) is 0 Å². The topological polar surface area (TPSA) is 43.0 Å². The molecule has 2 aromatic heterocycles. The number of fused-ring (bicyclic) bond motifs is 1. The van der Waals surface area contributed by atoms with E-state index in [9.17, 15) is 0 Å². The second-order valence-electron chi connectivity index (χ2n) is 5.02. The normalized spacial score (nSPS) is 11.4. The van der Waals surface area contributed by atoms with Crippen LogP contribution in [-0.4, -0.2) is 16.3 Å². The van der Waals surface area contributed by atoms with Crippen LogP contribution < -0.4 is 5.32 Å². The predicted octanol–water partition coefficient (Wildman–Crippen LogP) is 3.75. The van der Waals surface area contributed by atoms with Crippen molar-refractivity contribution in [3.63, 3.8) is 0 Å². The zero-order chi connectivity index (χ0) is 14.8. The number of nitrogens with zero attached hydrogens (tertiary/aromatic N) is 2. The van der Waals surface area contributed by atoms with Gasteiger partial charge in [0.15, 0.2) is 0 Å². The number of nitrogens with one attached hydrogen (secondary N) is 1. The highest BCUT2D eigenvalue weighted by Crippen LogP contribution is 2.27. The van der Waals surface area contributed by atoms with E-state index in [0.29, 0.717) is 18.1 Å². The third-order valence-corrected chi connectivity index (χ3v) is 4.04. The Morgan fingerprint density at radius 1 is 1.33 bits per heavy atom. The molecule has 2 heterocycles. The number of para-hydroxylation sites is 1. The van der Waals surface area contributed by atoms with Crippen molar-refractivity contribution in [3.05, 3.63) is 52.5 Å². The van der Waals surface area contributed by atoms with Gasteiger partial charge in [-0.3, -0.25) is 4.68 Å². The van der Waals surface area contributed by atoms with E-state index in [1.165, 1.54) is 0 Å². The van der Waals surface area contributed by atoms with Gasteiger partial charge in [0.25, 0.3) is 0 Å². The molecule has 110 valence electrons. The van der Waals surface area contributed by atoms with Gasteiger partial charge >= 0.3 is 0 Å². The maximum absolute atomic E-state index is 6.09. The Morgan fingerprint density at radius 2 is 2.14 bits per heavy atom. The van der Waals surface area contributed by atoms with E-state index in [2.05, 4.69) is 23.4 Å². The average Bonchev–Trinajstić information content (AvgIpc) is 3.00. The summed E-state index contributed by atoms with van der Waals surface area (Å²) in [5, 5.41) is 9.49. The second-order valence-corrected chi connectivity index (χ2v) is 5.42. The molecule has 0 aliphatic rings. The Morgan fingerprint density at radius 3 is 2.86 bits per heavy atom. The molecule has 0 amide bonds. The molecule has 0 atom stereocenters. The zero-order valence-electron chi connectivity index (χ0n) is 12.2. The van der Waals surface area contributed by atoms with Crippen molar-refractivity contribution in [1.29, 1.82) is 0 Å². The van der Waals surface area contributed by atoms with Gasteiger partial charge in [0, 0.05) is 10.9 Å². The first-order chi connectivity index (χ1) is 10.2. The molecule has 1 aromatic carbocycles. The minimum absolute atomic E-state index is 0.663. The summed E-state index contributed by atoms with van der Waals surface area (Å²) >= 11 is 6.09. The van der Waals surface area contributed by atoms with Crippen LogP contribution in [0.2, 0.25) is 5.02 Å². The summed E-state index contributed by atoms with van der Waals surface area (Å²) in [6, 6.07) is 8.10. The summed E-state index contributed by atoms with van der Waals surface area (Å²) < 4.78 is 7.90. The summed E-state index contributed by atoms with van der Waals surface area (Å²) in [5.41, 5.74) is 3.04. The van der Waals surface area contributed by atoms with Gasteiger partial charge in [-0.15, -0.1) is 0 Å². The monoisotopic (exact) mass is 303 g/mol. The van der Waals surface area contributed by atoms with Gasteiger partial charge in [-0.05, 0) is 19.5 Å². The first kappa shape index (κ1) is 14.2. The molecule has 0 saturated heterocycles. The molecular weight excluding hydrogens is 286 g/mol. The first-order valence-corrected chi connectivity index (χ1v) is 7.46. The fourth-order valence-corrected chi connectivity index (χ4v) is 2.58. The Balaban J connectivity index is 2.04. The van der Waals surface area contributed by atoms with Crippen molar-refractivity contribution >= 4 is 22.6 Å². The number of hydrogen-bond acceptors (Lipinski definition) is 3. The molecule has 3 rings (SSSR count). The van der Waals surface area contributed by atoms with Gasteiger partial charge in [-0.25, -0.2) is 0 Å². The standard InChI is InChI=1S/C16H18ClN3O/c1-3-18-9-16-13(10-20-11(2)14(17)8-19-20)12-6-4-5-7-15(12)21-16/h4-8,18H,3,9-10H2,1-2H3. The average molecular weight is 304 g/mol. The maximum Gasteiger partial charge on any atom is 0.134 e. The quantitative estimate of drug-likeness (QED) is 0.780. The minimum Gasteiger partial charge on any atom is -0.459 e. The molecule has 0 unspecified atom stereocenters. The number of furan rings is 1. The third-order valence-electron chi connectivity index (χ3n) is 3.67. The zero-order valence-corrected chi connectivity index (χ0v) is 12.9. The van der Waals surface area contributed by atoms with E-state index in [-0.39, 0.29) is 0 Å². The number of hydrogen-bond donors (Lipinski definition) is 1. The van der Waals surface area contributed by atoms with Gasteiger partial charge in [-0.2, -0.15) is 5.10 Å². The minimum atomic E-state index is 0.663. The lowest BCUT2D eigenvalue weighted by atomic mass is 10.1. The fourth-order valence-electron chi connectivity index (χ4n) is 2.44. The van der Waals surface area contributed by atoms with Crippen molar-refractivity contribution < 1.29 is 4.42 Å². The van der Waals surface area contributed by atoms with Gasteiger partial charge in [0.05, 0.1) is 30.0 Å². The van der Waals surface area contributed by atoms with Gasteiger partial charge in [0.1, 0.15) is 11.3 Å². The summed E-state index contributed by atoms with van der Waals surface area (Å²) in [5.74, 6) is 0.962. The lowest BCUT2D eigenvalue weighted by Crippen LogP contribution is -2.13. The van der Waals surface area contributed by atoms with Crippen LogP contribution >= 0.6 is 11.6 Å². The molecule has 3 aromatic rings. The van der Waals surface area contributed by atoms with E-state index in [0.717, 1.165) is 34.5 Å². The van der Waals surface area contributed by atoms with E-state index in [1.54, 1.807) is 6.20 Å². The summed E-state index contributed by atoms with van der Waals surface area (Å²) in [7, 11) is 0. The highest BCUT2D eigenvalue weighted by atomic mass is 35.5. The van der Waals surface area contributed by atoms with Crippen LogP contribution in [-0.2, 0) is 13.1 Å². The van der Waals surface area contributed by atoms with Crippen LogP contribution in [0.3, 0.4) is 0 Å². The van der Waals surface area contributed by atoms with Gasteiger partial charge < -0.3 is 9.73 Å². The Kier molecular flexibility index (Phi) is 3.99. The number of aromatic nitrogens is 2. The second kappa shape index (κ2) is 5.92. The van der Waals surface area contributed by atoms with Crippen LogP contribution in [0.1, 0.15) is 23.9 Å². The largest absolute Gasteiger partial charge is 0.459 e. The van der Waals surface area contributed by atoms with Crippen LogP contribution in [0.4, 0.5) is 0 Å². The molecule has 5 heteroatoms. The molecule has 0 aliphatic carbocycles. The van der Waals surface area contributed by atoms with Crippen LogP contribution in [0, 0.1) is 6.92 Å². The smallest absolute Gasteiger partial charge is 0.134 e. The first-order valence-electron chi connectivity index (χ1n) is 7.08.